The maximum absolute atomic E-state index is 6.43. The molecule has 9 heteroatoms. The van der Waals surface area contributed by atoms with Crippen LogP contribution < -0.4 is 0 Å². The van der Waals surface area contributed by atoms with Gasteiger partial charge in [0.25, 0.3) is 0 Å². The van der Waals surface area contributed by atoms with Crippen LogP contribution in [-0.4, -0.2) is 45.9 Å². The first-order chi connectivity index (χ1) is 7.77. The second-order valence-corrected chi connectivity index (χ2v) is 26.0. The van der Waals surface area contributed by atoms with Gasteiger partial charge in [-0.15, -0.1) is 0 Å². The van der Waals surface area contributed by atoms with Gasteiger partial charge in [-0.3, -0.25) is 0 Å². The third kappa shape index (κ3) is 4.56. The number of rotatable bonds is 1. The molecular formula is C9H27O4SSi4+. The van der Waals surface area contributed by atoms with Crippen LogP contribution in [0, 0.1) is 0 Å². The summed E-state index contributed by atoms with van der Waals surface area (Å²) < 4.78 is 25.4. The van der Waals surface area contributed by atoms with E-state index in [0.29, 0.717) is 0 Å². The second kappa shape index (κ2) is 5.11. The summed E-state index contributed by atoms with van der Waals surface area (Å²) in [4.78, 5) is 0. The molecule has 0 unspecified atom stereocenters. The SMILES string of the molecule is C[S+](C)[Si]1(C)O[Si](C)(C)O[Si](C)(C)O[Si](C)(C)O1. The molecule has 0 saturated carbocycles. The molecule has 0 aliphatic carbocycles. The lowest BCUT2D eigenvalue weighted by molar-refractivity contribution is 0.247. The van der Waals surface area contributed by atoms with E-state index in [1.807, 2.05) is 0 Å². The maximum Gasteiger partial charge on any atom is 0.583 e. The normalized spacial score (nSPS) is 29.7. The zero-order valence-electron chi connectivity index (χ0n) is 13.0. The lowest BCUT2D eigenvalue weighted by Gasteiger charge is -2.44. The van der Waals surface area contributed by atoms with Crippen LogP contribution in [0.3, 0.4) is 0 Å². The third-order valence-electron chi connectivity index (χ3n) is 2.59. The Hall–Kier alpha value is 1.06. The molecular weight excluding hydrogens is 317 g/mol. The minimum atomic E-state index is -2.21. The molecule has 1 aliphatic rings. The zero-order valence-corrected chi connectivity index (χ0v) is 17.9. The largest absolute Gasteiger partial charge is 0.583 e. The van der Waals surface area contributed by atoms with Crippen LogP contribution in [0.4, 0.5) is 0 Å². The van der Waals surface area contributed by atoms with Gasteiger partial charge >= 0.3 is 33.4 Å². The van der Waals surface area contributed by atoms with Crippen molar-refractivity contribution in [2.75, 3.05) is 12.5 Å². The monoisotopic (exact) mass is 343 g/mol. The minimum absolute atomic E-state index is 0.115. The van der Waals surface area contributed by atoms with Crippen molar-refractivity contribution in [3.05, 3.63) is 0 Å². The van der Waals surface area contributed by atoms with E-state index in [2.05, 4.69) is 58.3 Å². The van der Waals surface area contributed by atoms with E-state index in [1.165, 1.54) is 0 Å². The van der Waals surface area contributed by atoms with Crippen molar-refractivity contribution in [3.8, 4) is 0 Å². The van der Waals surface area contributed by atoms with E-state index in [-0.39, 0.29) is 10.3 Å². The third-order valence-corrected chi connectivity index (χ3v) is 24.8. The van der Waals surface area contributed by atoms with E-state index >= 15 is 0 Å². The quantitative estimate of drug-likeness (QED) is 0.542. The van der Waals surface area contributed by atoms with Gasteiger partial charge in [-0.05, 0) is 49.6 Å². The number of hydrogen-bond acceptors (Lipinski definition) is 4. The summed E-state index contributed by atoms with van der Waals surface area (Å²) in [6, 6.07) is 0. The molecule has 1 heterocycles. The summed E-state index contributed by atoms with van der Waals surface area (Å²) in [6.07, 6.45) is 4.40. The summed E-state index contributed by atoms with van der Waals surface area (Å²) in [5.74, 6) is 0. The Morgan fingerprint density at radius 2 is 0.833 bits per heavy atom. The Kier molecular flexibility index (Phi) is 4.86. The van der Waals surface area contributed by atoms with Crippen LogP contribution >= 0.6 is 0 Å². The average Bonchev–Trinajstić information content (AvgIpc) is 1.92. The molecule has 108 valence electrons. The fourth-order valence-electron chi connectivity index (χ4n) is 2.33. The lowest BCUT2D eigenvalue weighted by atomic mass is 11.9. The topological polar surface area (TPSA) is 36.9 Å². The van der Waals surface area contributed by atoms with Crippen LogP contribution in [0.15, 0.2) is 0 Å². The summed E-state index contributed by atoms with van der Waals surface area (Å²) in [6.45, 7) is 14.8. The molecule has 1 aliphatic heterocycles. The molecule has 18 heavy (non-hydrogen) atoms. The van der Waals surface area contributed by atoms with Crippen molar-refractivity contribution >= 4 is 43.7 Å². The highest BCUT2D eigenvalue weighted by molar-refractivity contribution is 8.23. The molecule has 1 rings (SSSR count). The molecule has 0 bridgehead atoms. The minimum Gasteiger partial charge on any atom is -0.416 e. The van der Waals surface area contributed by atoms with Crippen molar-refractivity contribution in [3.63, 3.8) is 0 Å². The van der Waals surface area contributed by atoms with Gasteiger partial charge in [0, 0.05) is 6.55 Å². The smallest absolute Gasteiger partial charge is 0.416 e. The van der Waals surface area contributed by atoms with Gasteiger partial charge in [-0.2, -0.15) is 0 Å². The Morgan fingerprint density at radius 1 is 0.556 bits per heavy atom. The molecule has 0 atom stereocenters. The highest BCUT2D eigenvalue weighted by Crippen LogP contribution is 2.32. The fraction of sp³-hybridized carbons (Fsp3) is 1.00. The van der Waals surface area contributed by atoms with Crippen LogP contribution in [0.2, 0.25) is 45.8 Å². The predicted octanol–water partition coefficient (Wildman–Crippen LogP) is 2.62. The van der Waals surface area contributed by atoms with Crippen molar-refractivity contribution in [2.45, 2.75) is 45.8 Å². The van der Waals surface area contributed by atoms with Gasteiger partial charge < -0.3 is 16.5 Å². The summed E-state index contributed by atoms with van der Waals surface area (Å²) in [5, 5.41) is 0. The van der Waals surface area contributed by atoms with Gasteiger partial charge in [0.2, 0.25) is 0 Å². The van der Waals surface area contributed by atoms with Gasteiger partial charge in [0.05, 0.1) is 12.5 Å². The molecule has 0 N–H and O–H groups in total. The zero-order chi connectivity index (χ0) is 14.4. The Bertz CT molecular complexity index is 300. The molecule has 4 nitrogen and oxygen atoms in total. The average molecular weight is 344 g/mol. The van der Waals surface area contributed by atoms with Crippen molar-refractivity contribution < 1.29 is 16.5 Å². The van der Waals surface area contributed by atoms with Crippen LogP contribution in [0.5, 0.6) is 0 Å². The van der Waals surface area contributed by atoms with E-state index in [9.17, 15) is 0 Å². The first-order valence-electron chi connectivity index (χ1n) is 6.15. The molecule has 0 aromatic rings. The van der Waals surface area contributed by atoms with Gasteiger partial charge in [0.15, 0.2) is 0 Å². The Balaban J connectivity index is 3.10. The summed E-state index contributed by atoms with van der Waals surface area (Å²) in [7, 11) is -8.57. The van der Waals surface area contributed by atoms with E-state index in [4.69, 9.17) is 16.5 Å². The maximum atomic E-state index is 6.43. The van der Waals surface area contributed by atoms with E-state index in [1.54, 1.807) is 0 Å². The molecule has 0 aromatic carbocycles. The van der Waals surface area contributed by atoms with Crippen LogP contribution in [0.25, 0.3) is 0 Å². The van der Waals surface area contributed by atoms with Crippen LogP contribution in [0.1, 0.15) is 0 Å². The molecule has 0 spiro atoms. The molecule has 0 aromatic heterocycles. The second-order valence-electron chi connectivity index (χ2n) is 6.29. The standard InChI is InChI=1S/C9H27O4SSi4/c1-14(2)18(9)12-16(5,6)10-15(3,4)11-17(7,8)13-18/h1-9H3/q+1. The molecule has 1 fully saturated rings. The Labute approximate surface area is 118 Å². The Morgan fingerprint density at radius 3 is 1.11 bits per heavy atom. The predicted molar refractivity (Wildman–Crippen MR) is 87.6 cm³/mol. The van der Waals surface area contributed by atoms with E-state index < -0.39 is 33.4 Å². The van der Waals surface area contributed by atoms with Crippen molar-refractivity contribution in [1.29, 1.82) is 0 Å². The van der Waals surface area contributed by atoms with Crippen molar-refractivity contribution in [1.82, 2.24) is 0 Å². The summed E-state index contributed by atoms with van der Waals surface area (Å²) in [5.41, 5.74) is 0. The highest BCUT2D eigenvalue weighted by atomic mass is 32.4. The van der Waals surface area contributed by atoms with Crippen molar-refractivity contribution in [2.24, 2.45) is 0 Å². The first kappa shape index (κ1) is 17.1. The summed E-state index contributed by atoms with van der Waals surface area (Å²) >= 11 is 0. The molecule has 0 amide bonds. The van der Waals surface area contributed by atoms with Gasteiger partial charge in [0.1, 0.15) is 0 Å². The fourth-order valence-corrected chi connectivity index (χ4v) is 29.1. The number of hydrogen-bond donors (Lipinski definition) is 0. The van der Waals surface area contributed by atoms with Gasteiger partial charge in [-0.25, -0.2) is 0 Å². The first-order valence-corrected chi connectivity index (χ1v) is 19.7. The lowest BCUT2D eigenvalue weighted by Crippen LogP contribution is -2.67. The molecule has 1 saturated heterocycles. The molecule has 0 radical (unpaired) electrons. The van der Waals surface area contributed by atoms with E-state index in [0.717, 1.165) is 0 Å². The highest BCUT2D eigenvalue weighted by Gasteiger charge is 2.60. The van der Waals surface area contributed by atoms with Crippen LogP contribution in [-0.2, 0) is 26.8 Å². The van der Waals surface area contributed by atoms with Gasteiger partial charge in [-0.1, -0.05) is 0 Å².